The summed E-state index contributed by atoms with van der Waals surface area (Å²) in [6.45, 7) is 2.20. The van der Waals surface area contributed by atoms with Crippen LogP contribution >= 0.6 is 0 Å². The fourth-order valence-electron chi connectivity index (χ4n) is 3.00. The highest BCUT2D eigenvalue weighted by molar-refractivity contribution is 4.95. The molecule has 0 aliphatic carbocycles. The molecular weight excluding hydrogens is 162 g/mol. The number of hydrazine groups is 1. The molecule has 0 aromatic carbocycles. The van der Waals surface area contributed by atoms with Gasteiger partial charge in [-0.15, -0.1) is 0 Å². The summed E-state index contributed by atoms with van der Waals surface area (Å²) in [6.07, 6.45) is 5.46. The fraction of sp³-hybridized carbons (Fsp3) is 1.00. The summed E-state index contributed by atoms with van der Waals surface area (Å²) >= 11 is 0. The van der Waals surface area contributed by atoms with Crippen LogP contribution in [0.2, 0.25) is 0 Å². The van der Waals surface area contributed by atoms with E-state index in [1.54, 1.807) is 0 Å². The van der Waals surface area contributed by atoms with Crippen molar-refractivity contribution < 1.29 is 0 Å². The molecule has 2 saturated heterocycles. The van der Waals surface area contributed by atoms with Crippen molar-refractivity contribution in [1.82, 2.24) is 10.3 Å². The third kappa shape index (κ3) is 1.60. The normalized spacial score (nSPS) is 42.2. The topological polar surface area (TPSA) is 41.3 Å². The van der Waals surface area contributed by atoms with Gasteiger partial charge < -0.3 is 4.90 Å². The van der Waals surface area contributed by atoms with Crippen molar-refractivity contribution in [3.63, 3.8) is 0 Å². The Morgan fingerprint density at radius 1 is 1.31 bits per heavy atom. The largest absolute Gasteiger partial charge is 0.300 e. The van der Waals surface area contributed by atoms with E-state index >= 15 is 0 Å². The van der Waals surface area contributed by atoms with Crippen molar-refractivity contribution in [3.05, 3.63) is 0 Å². The molecule has 2 aliphatic heterocycles. The Morgan fingerprint density at radius 3 is 2.31 bits per heavy atom. The van der Waals surface area contributed by atoms with Gasteiger partial charge in [0.1, 0.15) is 0 Å². The van der Waals surface area contributed by atoms with Crippen LogP contribution in [0.4, 0.5) is 0 Å². The molecule has 0 aromatic heterocycles. The molecule has 2 rings (SSSR count). The first-order valence-electron chi connectivity index (χ1n) is 5.40. The van der Waals surface area contributed by atoms with Crippen molar-refractivity contribution in [2.45, 2.75) is 50.7 Å². The van der Waals surface area contributed by atoms with Crippen molar-refractivity contribution in [1.29, 1.82) is 0 Å². The summed E-state index contributed by atoms with van der Waals surface area (Å²) < 4.78 is 0. The Hall–Kier alpha value is -0.120. The lowest BCUT2D eigenvalue weighted by Gasteiger charge is -2.38. The number of piperidine rings is 1. The zero-order chi connectivity index (χ0) is 9.42. The zero-order valence-corrected chi connectivity index (χ0v) is 8.66. The molecule has 0 radical (unpaired) electrons. The van der Waals surface area contributed by atoms with Gasteiger partial charge in [-0.25, -0.2) is 0 Å². The van der Waals surface area contributed by atoms with Gasteiger partial charge in [0.15, 0.2) is 0 Å². The van der Waals surface area contributed by atoms with Gasteiger partial charge in [-0.1, -0.05) is 0 Å². The van der Waals surface area contributed by atoms with Gasteiger partial charge in [0.05, 0.1) is 0 Å². The lowest BCUT2D eigenvalue weighted by molar-refractivity contribution is 0.116. The molecule has 2 aliphatic rings. The summed E-state index contributed by atoms with van der Waals surface area (Å²) in [4.78, 5) is 2.57. The average molecular weight is 183 g/mol. The van der Waals surface area contributed by atoms with E-state index in [4.69, 9.17) is 5.84 Å². The van der Waals surface area contributed by atoms with Crippen molar-refractivity contribution in [2.24, 2.45) is 11.8 Å². The summed E-state index contributed by atoms with van der Waals surface area (Å²) in [6, 6.07) is 2.15. The molecular formula is C10H21N3. The number of rotatable bonds is 2. The molecule has 2 heterocycles. The number of hydrogen-bond donors (Lipinski definition) is 2. The molecule has 0 amide bonds. The van der Waals surface area contributed by atoms with Crippen LogP contribution in [0.1, 0.15) is 32.6 Å². The second-order valence-corrected chi connectivity index (χ2v) is 4.74. The van der Waals surface area contributed by atoms with Crippen LogP contribution in [0.15, 0.2) is 0 Å². The minimum absolute atomic E-state index is 0.483. The Morgan fingerprint density at radius 2 is 1.85 bits per heavy atom. The number of nitrogens with two attached hydrogens (primary N) is 1. The molecule has 0 saturated carbocycles. The molecule has 3 heteroatoms. The highest BCUT2D eigenvalue weighted by Gasteiger charge is 2.39. The van der Waals surface area contributed by atoms with E-state index < -0.39 is 0 Å². The lowest BCUT2D eigenvalue weighted by Crippen LogP contribution is -2.47. The second-order valence-electron chi connectivity index (χ2n) is 4.74. The van der Waals surface area contributed by atoms with Crippen LogP contribution in [0.3, 0.4) is 0 Å². The minimum atomic E-state index is 0.483. The molecule has 3 N–H and O–H groups in total. The first-order chi connectivity index (χ1) is 6.22. The molecule has 3 atom stereocenters. The van der Waals surface area contributed by atoms with E-state index in [0.717, 1.165) is 18.0 Å². The van der Waals surface area contributed by atoms with Crippen LogP contribution in [0.25, 0.3) is 0 Å². The maximum absolute atomic E-state index is 5.49. The van der Waals surface area contributed by atoms with E-state index in [-0.39, 0.29) is 0 Å². The molecule has 13 heavy (non-hydrogen) atoms. The Bertz CT molecular complexity index is 169. The molecule has 3 unspecified atom stereocenters. The number of hydrogen-bond acceptors (Lipinski definition) is 3. The first-order valence-corrected chi connectivity index (χ1v) is 5.40. The summed E-state index contributed by atoms with van der Waals surface area (Å²) in [7, 11) is 2.28. The van der Waals surface area contributed by atoms with E-state index in [2.05, 4.69) is 24.3 Å². The van der Waals surface area contributed by atoms with Crippen LogP contribution in [-0.4, -0.2) is 30.1 Å². The van der Waals surface area contributed by atoms with Gasteiger partial charge in [0.2, 0.25) is 0 Å². The van der Waals surface area contributed by atoms with Crippen LogP contribution in [-0.2, 0) is 0 Å². The van der Waals surface area contributed by atoms with E-state index in [0.29, 0.717) is 6.04 Å². The van der Waals surface area contributed by atoms with Crippen LogP contribution < -0.4 is 11.3 Å². The Balaban J connectivity index is 1.98. The van der Waals surface area contributed by atoms with Gasteiger partial charge >= 0.3 is 0 Å². The van der Waals surface area contributed by atoms with E-state index in [1.165, 1.54) is 25.7 Å². The minimum Gasteiger partial charge on any atom is -0.300 e. The van der Waals surface area contributed by atoms with Crippen molar-refractivity contribution in [3.8, 4) is 0 Å². The maximum Gasteiger partial charge on any atom is 0.0211 e. The maximum atomic E-state index is 5.49. The third-order valence-electron chi connectivity index (χ3n) is 4.10. The first kappa shape index (κ1) is 9.44. The van der Waals surface area contributed by atoms with Gasteiger partial charge in [-0.2, -0.15) is 0 Å². The molecule has 0 spiro atoms. The van der Waals surface area contributed by atoms with Gasteiger partial charge in [-0.3, -0.25) is 11.3 Å². The van der Waals surface area contributed by atoms with Gasteiger partial charge in [0, 0.05) is 18.1 Å². The smallest absolute Gasteiger partial charge is 0.0211 e. The second kappa shape index (κ2) is 3.56. The number of fused-ring (bicyclic) bond motifs is 2. The predicted molar refractivity (Wildman–Crippen MR) is 54.1 cm³/mol. The van der Waals surface area contributed by atoms with Crippen LogP contribution in [0.5, 0.6) is 0 Å². The summed E-state index contributed by atoms with van der Waals surface area (Å²) in [5, 5.41) is 0. The monoisotopic (exact) mass is 183 g/mol. The Kier molecular flexibility index (Phi) is 2.58. The molecule has 2 bridgehead atoms. The van der Waals surface area contributed by atoms with E-state index in [9.17, 15) is 0 Å². The molecule has 0 aromatic rings. The van der Waals surface area contributed by atoms with E-state index in [1.807, 2.05) is 0 Å². The van der Waals surface area contributed by atoms with Crippen LogP contribution in [0, 0.1) is 5.92 Å². The van der Waals surface area contributed by atoms with Gasteiger partial charge in [-0.05, 0) is 45.6 Å². The lowest BCUT2D eigenvalue weighted by atomic mass is 9.86. The fourth-order valence-corrected chi connectivity index (χ4v) is 3.00. The number of nitrogens with zero attached hydrogens (tertiary/aromatic N) is 1. The summed E-state index contributed by atoms with van der Waals surface area (Å²) in [5.41, 5.74) is 2.90. The zero-order valence-electron chi connectivity index (χ0n) is 8.66. The summed E-state index contributed by atoms with van der Waals surface area (Å²) in [5.74, 6) is 6.28. The predicted octanol–water partition coefficient (Wildman–Crippen LogP) is 0.711. The highest BCUT2D eigenvalue weighted by atomic mass is 15.2. The van der Waals surface area contributed by atoms with Gasteiger partial charge in [0.25, 0.3) is 0 Å². The van der Waals surface area contributed by atoms with Crippen molar-refractivity contribution in [2.75, 3.05) is 7.05 Å². The quantitative estimate of drug-likeness (QED) is 0.489. The molecule has 3 nitrogen and oxygen atoms in total. The molecule has 2 fully saturated rings. The standard InChI is InChI=1S/C10H21N3/c1-7(12-11)8-5-9-3-4-10(6-8)13(9)2/h7-10,12H,3-6,11H2,1-2H3. The third-order valence-corrected chi connectivity index (χ3v) is 4.10. The SMILES string of the molecule is CC(NN)C1CC2CCC(C1)N2C. The van der Waals surface area contributed by atoms with Crippen molar-refractivity contribution >= 4 is 0 Å². The Labute approximate surface area is 80.6 Å². The average Bonchev–Trinajstić information content (AvgIpc) is 2.42. The highest BCUT2D eigenvalue weighted by Crippen LogP contribution is 2.38. The number of nitrogens with one attached hydrogen (secondary N) is 1. The molecule has 76 valence electrons.